The summed E-state index contributed by atoms with van der Waals surface area (Å²) in [5.74, 6) is 1.62. The molecule has 0 unspecified atom stereocenters. The van der Waals surface area contributed by atoms with Gasteiger partial charge in [-0.05, 0) is 42.5 Å². The SMILES string of the molecule is COc1ccc(F)cc1CSc1nc2ccccc2c(=O)n1-c1ccc(OC)c(OC)c1. The first-order valence-corrected chi connectivity index (χ1v) is 10.7. The number of hydrogen-bond donors (Lipinski definition) is 0. The predicted molar refractivity (Wildman–Crippen MR) is 123 cm³/mol. The van der Waals surface area contributed by atoms with E-state index in [1.165, 1.54) is 42.7 Å². The minimum absolute atomic E-state index is 0.212. The second-order valence-electron chi connectivity index (χ2n) is 6.84. The van der Waals surface area contributed by atoms with E-state index in [9.17, 15) is 9.18 Å². The Morgan fingerprint density at radius 2 is 1.62 bits per heavy atom. The fraction of sp³-hybridized carbons (Fsp3) is 0.167. The molecule has 0 aliphatic carbocycles. The number of hydrogen-bond acceptors (Lipinski definition) is 6. The molecular weight excluding hydrogens is 431 g/mol. The van der Waals surface area contributed by atoms with Gasteiger partial charge in [-0.15, -0.1) is 0 Å². The van der Waals surface area contributed by atoms with Crippen molar-refractivity contribution in [2.45, 2.75) is 10.9 Å². The molecule has 0 N–H and O–H groups in total. The lowest BCUT2D eigenvalue weighted by Gasteiger charge is -2.16. The molecule has 3 aromatic carbocycles. The maximum Gasteiger partial charge on any atom is 0.266 e. The van der Waals surface area contributed by atoms with Crippen LogP contribution in [0.15, 0.2) is 70.6 Å². The number of aromatic nitrogens is 2. The van der Waals surface area contributed by atoms with Crippen LogP contribution in [0.25, 0.3) is 16.6 Å². The molecule has 32 heavy (non-hydrogen) atoms. The number of para-hydroxylation sites is 1. The molecule has 0 aliphatic rings. The van der Waals surface area contributed by atoms with E-state index in [-0.39, 0.29) is 11.4 Å². The van der Waals surface area contributed by atoms with Crippen molar-refractivity contribution in [2.24, 2.45) is 0 Å². The molecule has 4 rings (SSSR count). The molecule has 1 aromatic heterocycles. The average Bonchev–Trinajstić information content (AvgIpc) is 2.82. The summed E-state index contributed by atoms with van der Waals surface area (Å²) in [7, 11) is 4.62. The van der Waals surface area contributed by atoms with Crippen LogP contribution in [0.3, 0.4) is 0 Å². The molecule has 164 valence electrons. The Morgan fingerprint density at radius 3 is 2.38 bits per heavy atom. The van der Waals surface area contributed by atoms with Crippen molar-refractivity contribution in [3.63, 3.8) is 0 Å². The zero-order valence-electron chi connectivity index (χ0n) is 17.8. The lowest BCUT2D eigenvalue weighted by Crippen LogP contribution is -2.21. The molecule has 4 aromatic rings. The number of halogens is 1. The van der Waals surface area contributed by atoms with Gasteiger partial charge in [-0.1, -0.05) is 23.9 Å². The lowest BCUT2D eigenvalue weighted by atomic mass is 10.2. The van der Waals surface area contributed by atoms with E-state index in [2.05, 4.69) is 0 Å². The van der Waals surface area contributed by atoms with Gasteiger partial charge in [0.05, 0.1) is 37.9 Å². The summed E-state index contributed by atoms with van der Waals surface area (Å²) in [5, 5.41) is 0.960. The molecule has 0 saturated carbocycles. The molecule has 1 heterocycles. The van der Waals surface area contributed by atoms with Gasteiger partial charge < -0.3 is 14.2 Å². The summed E-state index contributed by atoms with van der Waals surface area (Å²) in [6.45, 7) is 0. The van der Waals surface area contributed by atoms with Crippen molar-refractivity contribution in [2.75, 3.05) is 21.3 Å². The van der Waals surface area contributed by atoms with Gasteiger partial charge in [0.1, 0.15) is 11.6 Å². The summed E-state index contributed by atoms with van der Waals surface area (Å²) < 4.78 is 31.4. The second kappa shape index (κ2) is 9.32. The number of nitrogens with zero attached hydrogens (tertiary/aromatic N) is 2. The van der Waals surface area contributed by atoms with Crippen molar-refractivity contribution >= 4 is 22.7 Å². The third-order valence-electron chi connectivity index (χ3n) is 4.97. The molecule has 0 spiro atoms. The van der Waals surface area contributed by atoms with Crippen LogP contribution < -0.4 is 19.8 Å². The topological polar surface area (TPSA) is 62.6 Å². The number of methoxy groups -OCH3 is 3. The minimum atomic E-state index is -0.356. The first-order chi connectivity index (χ1) is 15.5. The number of ether oxygens (including phenoxy) is 3. The van der Waals surface area contributed by atoms with E-state index < -0.39 is 0 Å². The summed E-state index contributed by atoms with van der Waals surface area (Å²) in [6, 6.07) is 16.8. The Labute approximate surface area is 188 Å². The van der Waals surface area contributed by atoms with E-state index in [1.54, 1.807) is 49.6 Å². The Balaban J connectivity index is 1.85. The summed E-state index contributed by atoms with van der Waals surface area (Å²) >= 11 is 1.32. The highest BCUT2D eigenvalue weighted by molar-refractivity contribution is 7.98. The van der Waals surface area contributed by atoms with Gasteiger partial charge in [-0.3, -0.25) is 9.36 Å². The van der Waals surface area contributed by atoms with Crippen molar-refractivity contribution in [1.29, 1.82) is 0 Å². The van der Waals surface area contributed by atoms with Crippen molar-refractivity contribution in [1.82, 2.24) is 9.55 Å². The van der Waals surface area contributed by atoms with Crippen LogP contribution in [0.2, 0.25) is 0 Å². The minimum Gasteiger partial charge on any atom is -0.496 e. The van der Waals surface area contributed by atoms with Crippen LogP contribution in [0.1, 0.15) is 5.56 Å². The largest absolute Gasteiger partial charge is 0.496 e. The average molecular weight is 453 g/mol. The molecule has 0 amide bonds. The first kappa shape index (κ1) is 21.7. The summed E-state index contributed by atoms with van der Waals surface area (Å²) in [5.41, 5.74) is 1.62. The normalized spacial score (nSPS) is 10.9. The van der Waals surface area contributed by atoms with E-state index in [0.717, 1.165) is 0 Å². The van der Waals surface area contributed by atoms with Crippen LogP contribution in [0, 0.1) is 5.82 Å². The highest BCUT2D eigenvalue weighted by Gasteiger charge is 2.16. The number of fused-ring (bicyclic) bond motifs is 1. The fourth-order valence-electron chi connectivity index (χ4n) is 3.40. The molecule has 0 atom stereocenters. The standard InChI is InChI=1S/C24H21FN2O4S/c1-29-20-10-8-16(25)12-15(20)14-32-24-26-19-7-5-4-6-18(19)23(28)27(24)17-9-11-21(30-2)22(13-17)31-3/h4-13H,14H2,1-3H3. The Morgan fingerprint density at radius 1 is 0.906 bits per heavy atom. The molecule has 0 bridgehead atoms. The van der Waals surface area contributed by atoms with Crippen LogP contribution in [-0.4, -0.2) is 30.9 Å². The van der Waals surface area contributed by atoms with Crippen LogP contribution in [0.5, 0.6) is 17.2 Å². The van der Waals surface area contributed by atoms with Crippen LogP contribution in [0.4, 0.5) is 4.39 Å². The van der Waals surface area contributed by atoms with Crippen molar-refractivity contribution in [3.8, 4) is 22.9 Å². The van der Waals surface area contributed by atoms with E-state index in [1.807, 2.05) is 6.07 Å². The molecule has 0 fully saturated rings. The van der Waals surface area contributed by atoms with E-state index in [0.29, 0.717) is 50.3 Å². The highest BCUT2D eigenvalue weighted by atomic mass is 32.2. The second-order valence-corrected chi connectivity index (χ2v) is 7.78. The molecule has 6 nitrogen and oxygen atoms in total. The third kappa shape index (κ3) is 4.13. The van der Waals surface area contributed by atoms with Gasteiger partial charge in [0.25, 0.3) is 5.56 Å². The number of thioether (sulfide) groups is 1. The van der Waals surface area contributed by atoms with Gasteiger partial charge >= 0.3 is 0 Å². The van der Waals surface area contributed by atoms with Gasteiger partial charge in [-0.25, -0.2) is 9.37 Å². The zero-order valence-corrected chi connectivity index (χ0v) is 18.6. The van der Waals surface area contributed by atoms with Gasteiger partial charge in [0.2, 0.25) is 0 Å². The molecular formula is C24H21FN2O4S. The number of benzene rings is 3. The fourth-order valence-corrected chi connectivity index (χ4v) is 4.39. The molecule has 0 aliphatic heterocycles. The van der Waals surface area contributed by atoms with Gasteiger partial charge in [-0.2, -0.15) is 0 Å². The maximum absolute atomic E-state index is 13.8. The Bertz CT molecular complexity index is 1340. The quantitative estimate of drug-likeness (QED) is 0.295. The Kier molecular flexibility index (Phi) is 6.32. The van der Waals surface area contributed by atoms with E-state index in [4.69, 9.17) is 19.2 Å². The first-order valence-electron chi connectivity index (χ1n) is 9.75. The monoisotopic (exact) mass is 452 g/mol. The van der Waals surface area contributed by atoms with Crippen molar-refractivity contribution in [3.05, 3.63) is 82.4 Å². The third-order valence-corrected chi connectivity index (χ3v) is 5.96. The van der Waals surface area contributed by atoms with Crippen LogP contribution >= 0.6 is 11.8 Å². The predicted octanol–water partition coefficient (Wildman–Crippen LogP) is 4.84. The molecule has 8 heteroatoms. The zero-order chi connectivity index (χ0) is 22.7. The lowest BCUT2D eigenvalue weighted by molar-refractivity contribution is 0.354. The van der Waals surface area contributed by atoms with Crippen molar-refractivity contribution < 1.29 is 18.6 Å². The Hall–Kier alpha value is -3.52. The maximum atomic E-state index is 13.8. The highest BCUT2D eigenvalue weighted by Crippen LogP contribution is 2.32. The van der Waals surface area contributed by atoms with Gasteiger partial charge in [0, 0.05) is 17.4 Å². The van der Waals surface area contributed by atoms with E-state index >= 15 is 0 Å². The summed E-state index contributed by atoms with van der Waals surface area (Å²) in [4.78, 5) is 18.2. The van der Waals surface area contributed by atoms with Crippen LogP contribution in [-0.2, 0) is 5.75 Å². The summed E-state index contributed by atoms with van der Waals surface area (Å²) in [6.07, 6.45) is 0. The molecule has 0 saturated heterocycles. The van der Waals surface area contributed by atoms with Gasteiger partial charge in [0.15, 0.2) is 16.7 Å². The smallest absolute Gasteiger partial charge is 0.266 e. The number of rotatable bonds is 7. The molecule has 0 radical (unpaired) electrons.